The molecule has 0 unspecified atom stereocenters. The van der Waals surface area contributed by atoms with Gasteiger partial charge in [-0.1, -0.05) is 36.4 Å². The van der Waals surface area contributed by atoms with Crippen molar-refractivity contribution in [1.82, 2.24) is 5.32 Å². The molecule has 0 bridgehead atoms. The second kappa shape index (κ2) is 6.00. The van der Waals surface area contributed by atoms with E-state index >= 15 is 0 Å². The minimum atomic E-state index is -0.113. The lowest BCUT2D eigenvalue weighted by atomic mass is 9.99. The third-order valence-corrected chi connectivity index (χ3v) is 3.05. The van der Waals surface area contributed by atoms with E-state index < -0.39 is 0 Å². The van der Waals surface area contributed by atoms with Crippen molar-refractivity contribution in [3.8, 4) is 0 Å². The van der Waals surface area contributed by atoms with Crippen molar-refractivity contribution in [2.45, 2.75) is 33.2 Å². The number of benzene rings is 2. The molecule has 0 aliphatic carbocycles. The van der Waals surface area contributed by atoms with Crippen molar-refractivity contribution in [3.05, 3.63) is 54.2 Å². The molecule has 2 rings (SSSR count). The number of hydrogen-bond donors (Lipinski definition) is 2. The number of anilines is 1. The number of allylic oxidation sites excluding steroid dienone is 1. The smallest absolute Gasteiger partial charge is 0.257 e. The van der Waals surface area contributed by atoms with Crippen LogP contribution >= 0.6 is 0 Å². The molecule has 0 fully saturated rings. The van der Waals surface area contributed by atoms with Gasteiger partial charge >= 0.3 is 0 Å². The summed E-state index contributed by atoms with van der Waals surface area (Å²) in [4.78, 5) is 12.5. The Kier molecular flexibility index (Phi) is 4.32. The number of hydrogen-bond acceptors (Lipinski definition) is 2. The second-order valence-electron chi connectivity index (χ2n) is 6.06. The standard InChI is InChI=1S/C18H22N2O/c1-5-12-19-17(21)16-14-9-7-6-8-13(14)10-11-15(16)20-18(2,3)4/h5-12,20H,1-4H3,(H,19,21). The van der Waals surface area contributed by atoms with Gasteiger partial charge in [0, 0.05) is 11.2 Å². The van der Waals surface area contributed by atoms with E-state index in [4.69, 9.17) is 0 Å². The number of rotatable bonds is 3. The van der Waals surface area contributed by atoms with Gasteiger partial charge in [0.05, 0.1) is 5.56 Å². The zero-order chi connectivity index (χ0) is 15.5. The molecule has 0 aliphatic heterocycles. The van der Waals surface area contributed by atoms with Crippen LogP contribution in [0.25, 0.3) is 10.8 Å². The molecule has 3 nitrogen and oxygen atoms in total. The Hall–Kier alpha value is -2.29. The molecular formula is C18H22N2O. The summed E-state index contributed by atoms with van der Waals surface area (Å²) in [5.41, 5.74) is 1.42. The van der Waals surface area contributed by atoms with Gasteiger partial charge in [0.2, 0.25) is 0 Å². The Morgan fingerprint density at radius 3 is 2.48 bits per heavy atom. The van der Waals surface area contributed by atoms with E-state index in [-0.39, 0.29) is 11.4 Å². The minimum absolute atomic E-state index is 0.100. The van der Waals surface area contributed by atoms with Crippen LogP contribution in [-0.2, 0) is 0 Å². The molecule has 0 heterocycles. The quantitative estimate of drug-likeness (QED) is 0.880. The Morgan fingerprint density at radius 2 is 1.81 bits per heavy atom. The summed E-state index contributed by atoms with van der Waals surface area (Å²) in [5.74, 6) is -0.100. The highest BCUT2D eigenvalue weighted by Crippen LogP contribution is 2.28. The van der Waals surface area contributed by atoms with Crippen LogP contribution in [0.5, 0.6) is 0 Å². The highest BCUT2D eigenvalue weighted by molar-refractivity contribution is 6.12. The van der Waals surface area contributed by atoms with Gasteiger partial charge in [-0.3, -0.25) is 4.79 Å². The molecule has 1 amide bonds. The van der Waals surface area contributed by atoms with E-state index in [1.165, 1.54) is 0 Å². The summed E-state index contributed by atoms with van der Waals surface area (Å²) < 4.78 is 0. The maximum Gasteiger partial charge on any atom is 0.257 e. The molecule has 2 N–H and O–H groups in total. The van der Waals surface area contributed by atoms with Gasteiger partial charge < -0.3 is 10.6 Å². The van der Waals surface area contributed by atoms with Crippen molar-refractivity contribution in [2.24, 2.45) is 0 Å². The molecule has 110 valence electrons. The summed E-state index contributed by atoms with van der Waals surface area (Å²) >= 11 is 0. The number of amides is 1. The van der Waals surface area contributed by atoms with Crippen molar-refractivity contribution in [2.75, 3.05) is 5.32 Å². The molecule has 0 radical (unpaired) electrons. The normalized spacial score (nSPS) is 11.8. The molecule has 0 atom stereocenters. The molecular weight excluding hydrogens is 260 g/mol. The lowest BCUT2D eigenvalue weighted by Crippen LogP contribution is -2.28. The third kappa shape index (κ3) is 3.63. The zero-order valence-corrected chi connectivity index (χ0v) is 13.0. The lowest BCUT2D eigenvalue weighted by molar-refractivity contribution is 0.0972. The molecule has 0 aliphatic rings. The van der Waals surface area contributed by atoms with E-state index in [2.05, 4.69) is 31.4 Å². The molecule has 21 heavy (non-hydrogen) atoms. The predicted octanol–water partition coefficient (Wildman–Crippen LogP) is 4.31. The van der Waals surface area contributed by atoms with Crippen LogP contribution in [0, 0.1) is 0 Å². The first-order valence-electron chi connectivity index (χ1n) is 7.14. The van der Waals surface area contributed by atoms with Gasteiger partial charge in [-0.2, -0.15) is 0 Å². The monoisotopic (exact) mass is 282 g/mol. The largest absolute Gasteiger partial charge is 0.380 e. The Balaban J connectivity index is 2.59. The first kappa shape index (κ1) is 15.1. The third-order valence-electron chi connectivity index (χ3n) is 3.05. The predicted molar refractivity (Wildman–Crippen MR) is 89.6 cm³/mol. The SMILES string of the molecule is CC=CNC(=O)c1c(NC(C)(C)C)ccc2ccccc12. The Bertz CT molecular complexity index is 681. The first-order valence-corrected chi connectivity index (χ1v) is 7.14. The highest BCUT2D eigenvalue weighted by Gasteiger charge is 2.18. The molecule has 2 aromatic carbocycles. The maximum atomic E-state index is 12.5. The van der Waals surface area contributed by atoms with Crippen molar-refractivity contribution in [3.63, 3.8) is 0 Å². The number of fused-ring (bicyclic) bond motifs is 1. The van der Waals surface area contributed by atoms with E-state index in [1.54, 1.807) is 12.3 Å². The van der Waals surface area contributed by atoms with Crippen LogP contribution in [0.1, 0.15) is 38.1 Å². The average molecular weight is 282 g/mol. The topological polar surface area (TPSA) is 41.1 Å². The van der Waals surface area contributed by atoms with Crippen LogP contribution in [0.3, 0.4) is 0 Å². The van der Waals surface area contributed by atoms with E-state index in [0.29, 0.717) is 5.56 Å². The van der Waals surface area contributed by atoms with Crippen LogP contribution in [0.15, 0.2) is 48.7 Å². The summed E-state index contributed by atoms with van der Waals surface area (Å²) in [7, 11) is 0. The van der Waals surface area contributed by atoms with Gasteiger partial charge in [-0.05, 0) is 50.7 Å². The second-order valence-corrected chi connectivity index (χ2v) is 6.06. The van der Waals surface area contributed by atoms with E-state index in [1.807, 2.05) is 43.3 Å². The van der Waals surface area contributed by atoms with Crippen molar-refractivity contribution in [1.29, 1.82) is 0 Å². The van der Waals surface area contributed by atoms with Gasteiger partial charge in [-0.15, -0.1) is 0 Å². The first-order chi connectivity index (χ1) is 9.92. The number of nitrogens with one attached hydrogen (secondary N) is 2. The van der Waals surface area contributed by atoms with Gasteiger partial charge in [-0.25, -0.2) is 0 Å². The molecule has 0 spiro atoms. The lowest BCUT2D eigenvalue weighted by Gasteiger charge is -2.24. The summed E-state index contributed by atoms with van der Waals surface area (Å²) in [6, 6.07) is 11.9. The number of carbonyl (C=O) groups is 1. The summed E-state index contributed by atoms with van der Waals surface area (Å²) in [5, 5.41) is 8.23. The fourth-order valence-electron chi connectivity index (χ4n) is 2.26. The van der Waals surface area contributed by atoms with Gasteiger partial charge in [0.25, 0.3) is 5.91 Å². The van der Waals surface area contributed by atoms with Crippen LogP contribution in [-0.4, -0.2) is 11.4 Å². The summed E-state index contributed by atoms with van der Waals surface area (Å²) in [6.45, 7) is 8.11. The van der Waals surface area contributed by atoms with Gasteiger partial charge in [0.1, 0.15) is 0 Å². The van der Waals surface area contributed by atoms with Crippen LogP contribution < -0.4 is 10.6 Å². The molecule has 2 aromatic rings. The summed E-state index contributed by atoms with van der Waals surface area (Å²) in [6.07, 6.45) is 3.46. The Morgan fingerprint density at radius 1 is 1.10 bits per heavy atom. The molecule has 0 aromatic heterocycles. The van der Waals surface area contributed by atoms with Crippen molar-refractivity contribution >= 4 is 22.4 Å². The Labute approximate surface area is 126 Å². The van der Waals surface area contributed by atoms with Crippen LogP contribution in [0.4, 0.5) is 5.69 Å². The highest BCUT2D eigenvalue weighted by atomic mass is 16.1. The van der Waals surface area contributed by atoms with E-state index in [0.717, 1.165) is 16.5 Å². The fourth-order valence-corrected chi connectivity index (χ4v) is 2.26. The minimum Gasteiger partial charge on any atom is -0.380 e. The van der Waals surface area contributed by atoms with Gasteiger partial charge in [0.15, 0.2) is 0 Å². The average Bonchev–Trinajstić information content (AvgIpc) is 2.43. The van der Waals surface area contributed by atoms with Crippen molar-refractivity contribution < 1.29 is 4.79 Å². The molecule has 0 saturated heterocycles. The molecule has 3 heteroatoms. The van der Waals surface area contributed by atoms with Crippen LogP contribution in [0.2, 0.25) is 0 Å². The fraction of sp³-hybridized carbons (Fsp3) is 0.278. The number of carbonyl (C=O) groups excluding carboxylic acids is 1. The maximum absolute atomic E-state index is 12.5. The molecule has 0 saturated carbocycles. The van der Waals surface area contributed by atoms with E-state index in [9.17, 15) is 4.79 Å². The zero-order valence-electron chi connectivity index (χ0n) is 13.0.